The van der Waals surface area contributed by atoms with Crippen LogP contribution in [0.25, 0.3) is 10.9 Å². The minimum absolute atomic E-state index is 0.230. The van der Waals surface area contributed by atoms with E-state index in [4.69, 9.17) is 0 Å². The zero-order valence-corrected chi connectivity index (χ0v) is 21.3. The average molecular weight is 475 g/mol. The van der Waals surface area contributed by atoms with Crippen LogP contribution >= 0.6 is 0 Å². The standard InChI is InChI=1S/C31H42N2O2/c1-2-3-4-5-6-7-8-9-10-11-12-13-14-15-16-17-18-19-31(35)33-23-22-27-28-24-26(34)20-21-29(28)32-30(27)25-33/h6-7,9-10,12-13,15-16,20-21,24,32,34H,2-5,8,11,14,17-19,22-23,25H2,1H3/b7-6-,10-9-,13-12-,16-15-. The van der Waals surface area contributed by atoms with Crippen molar-refractivity contribution in [1.29, 1.82) is 0 Å². The quantitative estimate of drug-likeness (QED) is 0.216. The number of phenols is 1. The first-order valence-corrected chi connectivity index (χ1v) is 13.4. The summed E-state index contributed by atoms with van der Waals surface area (Å²) in [5.74, 6) is 0.516. The molecule has 0 radical (unpaired) electrons. The van der Waals surface area contributed by atoms with Gasteiger partial charge in [0.15, 0.2) is 0 Å². The van der Waals surface area contributed by atoms with Crippen LogP contribution in [0.1, 0.15) is 82.4 Å². The second-order valence-corrected chi connectivity index (χ2v) is 9.36. The van der Waals surface area contributed by atoms with Crippen molar-refractivity contribution in [2.45, 2.75) is 84.1 Å². The number of nitrogens with one attached hydrogen (secondary N) is 1. The number of rotatable bonds is 14. The lowest BCUT2D eigenvalue weighted by Gasteiger charge is -2.27. The van der Waals surface area contributed by atoms with Crippen LogP contribution in [0.15, 0.2) is 66.8 Å². The molecule has 0 aliphatic carbocycles. The maximum absolute atomic E-state index is 12.7. The van der Waals surface area contributed by atoms with E-state index in [9.17, 15) is 9.90 Å². The molecule has 2 N–H and O–H groups in total. The Morgan fingerprint density at radius 1 is 0.943 bits per heavy atom. The van der Waals surface area contributed by atoms with E-state index in [1.165, 1.54) is 31.2 Å². The van der Waals surface area contributed by atoms with Crippen molar-refractivity contribution in [3.05, 3.63) is 78.1 Å². The molecule has 2 aromatic rings. The maximum Gasteiger partial charge on any atom is 0.222 e. The van der Waals surface area contributed by atoms with Gasteiger partial charge in [0.05, 0.1) is 6.54 Å². The van der Waals surface area contributed by atoms with Crippen molar-refractivity contribution in [3.8, 4) is 5.75 Å². The average Bonchev–Trinajstić information content (AvgIpc) is 3.22. The van der Waals surface area contributed by atoms with Crippen LogP contribution in [0.5, 0.6) is 5.75 Å². The summed E-state index contributed by atoms with van der Waals surface area (Å²) >= 11 is 0. The predicted molar refractivity (Wildman–Crippen MR) is 147 cm³/mol. The Morgan fingerprint density at radius 3 is 2.29 bits per heavy atom. The van der Waals surface area contributed by atoms with Crippen LogP contribution in [0.3, 0.4) is 0 Å². The zero-order chi connectivity index (χ0) is 24.7. The van der Waals surface area contributed by atoms with Gasteiger partial charge >= 0.3 is 0 Å². The normalized spacial score (nSPS) is 14.4. The Balaban J connectivity index is 1.25. The van der Waals surface area contributed by atoms with Gasteiger partial charge in [-0.2, -0.15) is 0 Å². The number of benzene rings is 1. The van der Waals surface area contributed by atoms with Crippen molar-refractivity contribution < 1.29 is 9.90 Å². The summed E-state index contributed by atoms with van der Waals surface area (Å²) in [5.41, 5.74) is 3.37. The highest BCUT2D eigenvalue weighted by Gasteiger charge is 2.23. The third kappa shape index (κ3) is 8.93. The number of H-pyrrole nitrogens is 1. The zero-order valence-electron chi connectivity index (χ0n) is 21.3. The Hall–Kier alpha value is -3.01. The molecule has 3 rings (SSSR count). The third-order valence-corrected chi connectivity index (χ3v) is 6.53. The lowest BCUT2D eigenvalue weighted by atomic mass is 10.0. The van der Waals surface area contributed by atoms with E-state index in [2.05, 4.69) is 60.5 Å². The summed E-state index contributed by atoms with van der Waals surface area (Å²) in [5, 5.41) is 10.8. The van der Waals surface area contributed by atoms with Crippen molar-refractivity contribution >= 4 is 16.8 Å². The number of aromatic nitrogens is 1. The van der Waals surface area contributed by atoms with Crippen molar-refractivity contribution in [2.24, 2.45) is 0 Å². The van der Waals surface area contributed by atoms with E-state index in [0.717, 1.165) is 61.7 Å². The first-order valence-electron chi connectivity index (χ1n) is 13.4. The predicted octanol–water partition coefficient (Wildman–Crippen LogP) is 7.90. The number of carbonyl (C=O) groups is 1. The molecule has 1 aromatic heterocycles. The second-order valence-electron chi connectivity index (χ2n) is 9.36. The topological polar surface area (TPSA) is 56.3 Å². The van der Waals surface area contributed by atoms with Crippen LogP contribution in [-0.4, -0.2) is 27.4 Å². The number of nitrogens with zero attached hydrogens (tertiary/aromatic N) is 1. The highest BCUT2D eigenvalue weighted by atomic mass is 16.3. The highest BCUT2D eigenvalue weighted by Crippen LogP contribution is 2.30. The van der Waals surface area contributed by atoms with Crippen LogP contribution in [-0.2, 0) is 17.8 Å². The summed E-state index contributed by atoms with van der Waals surface area (Å²) in [6.45, 7) is 3.62. The van der Waals surface area contributed by atoms with Crippen LogP contribution < -0.4 is 0 Å². The molecule has 4 nitrogen and oxygen atoms in total. The molecule has 1 aliphatic heterocycles. The van der Waals surface area contributed by atoms with Gasteiger partial charge in [-0.15, -0.1) is 0 Å². The first-order chi connectivity index (χ1) is 17.2. The van der Waals surface area contributed by atoms with Crippen LogP contribution in [0, 0.1) is 0 Å². The summed E-state index contributed by atoms with van der Waals surface area (Å²) in [4.78, 5) is 18.0. The largest absolute Gasteiger partial charge is 0.508 e. The monoisotopic (exact) mass is 474 g/mol. The fourth-order valence-corrected chi connectivity index (χ4v) is 4.53. The number of unbranched alkanes of at least 4 members (excludes halogenated alkanes) is 4. The molecule has 0 saturated heterocycles. The Labute approximate surface area is 211 Å². The van der Waals surface area contributed by atoms with Gasteiger partial charge in [0, 0.05) is 29.6 Å². The number of aromatic hydroxyl groups is 1. The molecule has 1 aromatic carbocycles. The Morgan fingerprint density at radius 2 is 1.60 bits per heavy atom. The summed E-state index contributed by atoms with van der Waals surface area (Å²) < 4.78 is 0. The second kappa shape index (κ2) is 15.1. The van der Waals surface area contributed by atoms with Gasteiger partial charge < -0.3 is 15.0 Å². The Kier molecular flexibility index (Phi) is 11.5. The van der Waals surface area contributed by atoms with Gasteiger partial charge in [0.1, 0.15) is 5.75 Å². The molecule has 0 bridgehead atoms. The Bertz CT molecular complexity index is 1040. The van der Waals surface area contributed by atoms with Gasteiger partial charge in [0.2, 0.25) is 5.91 Å². The molecule has 188 valence electrons. The van der Waals surface area contributed by atoms with E-state index in [-0.39, 0.29) is 11.7 Å². The van der Waals surface area contributed by atoms with Gasteiger partial charge in [0.25, 0.3) is 0 Å². The molecule has 0 fully saturated rings. The smallest absolute Gasteiger partial charge is 0.222 e. The number of allylic oxidation sites excluding steroid dienone is 8. The molecule has 0 atom stereocenters. The van der Waals surface area contributed by atoms with Gasteiger partial charge in [-0.25, -0.2) is 0 Å². The molecule has 35 heavy (non-hydrogen) atoms. The fraction of sp³-hybridized carbons (Fsp3) is 0.452. The molecule has 4 heteroatoms. The summed E-state index contributed by atoms with van der Waals surface area (Å²) in [7, 11) is 0. The number of aromatic amines is 1. The van der Waals surface area contributed by atoms with E-state index >= 15 is 0 Å². The molecule has 0 unspecified atom stereocenters. The number of hydrogen-bond acceptors (Lipinski definition) is 2. The highest BCUT2D eigenvalue weighted by molar-refractivity contribution is 5.87. The molecular formula is C31H42N2O2. The molecule has 1 aliphatic rings. The van der Waals surface area contributed by atoms with E-state index in [0.29, 0.717) is 13.0 Å². The lowest BCUT2D eigenvalue weighted by Crippen LogP contribution is -2.35. The van der Waals surface area contributed by atoms with Gasteiger partial charge in [-0.3, -0.25) is 4.79 Å². The SMILES string of the molecule is CCCCC/C=C\C/C=C\C/C=C\C/C=C\CCCC(=O)N1CCc2c([nH]c3ccc(O)cc23)C1. The molecule has 0 spiro atoms. The van der Waals surface area contributed by atoms with Crippen molar-refractivity contribution in [1.82, 2.24) is 9.88 Å². The lowest BCUT2D eigenvalue weighted by molar-refractivity contribution is -0.132. The summed E-state index contributed by atoms with van der Waals surface area (Å²) in [6, 6.07) is 5.42. The van der Waals surface area contributed by atoms with Crippen LogP contribution in [0.4, 0.5) is 0 Å². The number of phenolic OH excluding ortho intramolecular Hbond substituents is 1. The molecule has 2 heterocycles. The number of hydrogen-bond donors (Lipinski definition) is 2. The van der Waals surface area contributed by atoms with E-state index in [1.807, 2.05) is 17.0 Å². The minimum atomic E-state index is 0.230. The van der Waals surface area contributed by atoms with Crippen molar-refractivity contribution in [3.63, 3.8) is 0 Å². The maximum atomic E-state index is 12.7. The van der Waals surface area contributed by atoms with E-state index in [1.54, 1.807) is 6.07 Å². The van der Waals surface area contributed by atoms with Gasteiger partial charge in [-0.05, 0) is 75.1 Å². The van der Waals surface area contributed by atoms with Gasteiger partial charge in [-0.1, -0.05) is 68.4 Å². The number of carbonyl (C=O) groups excluding carboxylic acids is 1. The minimum Gasteiger partial charge on any atom is -0.508 e. The van der Waals surface area contributed by atoms with Crippen molar-refractivity contribution in [2.75, 3.05) is 6.54 Å². The number of fused-ring (bicyclic) bond motifs is 3. The summed E-state index contributed by atoms with van der Waals surface area (Å²) in [6.07, 6.45) is 29.2. The van der Waals surface area contributed by atoms with E-state index < -0.39 is 0 Å². The number of amides is 1. The third-order valence-electron chi connectivity index (χ3n) is 6.53. The molecule has 0 saturated carbocycles. The fourth-order valence-electron chi connectivity index (χ4n) is 4.53. The molecule has 1 amide bonds. The van der Waals surface area contributed by atoms with Crippen LogP contribution in [0.2, 0.25) is 0 Å². The first kappa shape index (κ1) is 26.6. The molecular weight excluding hydrogens is 432 g/mol.